The summed E-state index contributed by atoms with van der Waals surface area (Å²) in [7, 11) is 0. The van der Waals surface area contributed by atoms with Crippen LogP contribution < -0.4 is 0 Å². The van der Waals surface area contributed by atoms with Crippen LogP contribution in [0.1, 0.15) is 86.5 Å². The Morgan fingerprint density at radius 3 is 2.24 bits per heavy atom. The molecular weight excluding hydrogens is 260 g/mol. The van der Waals surface area contributed by atoms with Gasteiger partial charge in [-0.3, -0.25) is 0 Å². The Kier molecular flexibility index (Phi) is 4.30. The van der Waals surface area contributed by atoms with Crippen LogP contribution in [-0.4, -0.2) is 21.4 Å². The number of hydrogen-bond donors (Lipinski definition) is 2. The third-order valence-corrected chi connectivity index (χ3v) is 6.81. The van der Waals surface area contributed by atoms with E-state index in [1.54, 1.807) is 0 Å². The lowest BCUT2D eigenvalue weighted by Gasteiger charge is -2.61. The standard InChI is InChI=1S/C19H36O2/c1-16(2)10-7-11-18(5)14(16)9-13-19(6,21)15(18)8-12-17(3,4)20/h14-15,20-21H,7-13H2,1-6H3/t14-,15+,18-,19+/m0/s1. The van der Waals surface area contributed by atoms with Crippen LogP contribution >= 0.6 is 0 Å². The molecule has 21 heavy (non-hydrogen) atoms. The molecule has 124 valence electrons. The second kappa shape index (κ2) is 5.23. The molecule has 0 amide bonds. The molecular formula is C19H36O2. The van der Waals surface area contributed by atoms with E-state index in [-0.39, 0.29) is 5.41 Å². The van der Waals surface area contributed by atoms with E-state index >= 15 is 0 Å². The van der Waals surface area contributed by atoms with Crippen LogP contribution in [0.3, 0.4) is 0 Å². The van der Waals surface area contributed by atoms with Gasteiger partial charge in [-0.25, -0.2) is 0 Å². The highest BCUT2D eigenvalue weighted by molar-refractivity contribution is 5.07. The lowest BCUT2D eigenvalue weighted by molar-refractivity contribution is -0.172. The molecule has 0 saturated heterocycles. The maximum Gasteiger partial charge on any atom is 0.0653 e. The predicted octanol–water partition coefficient (Wildman–Crippen LogP) is 4.53. The molecule has 2 aliphatic carbocycles. The van der Waals surface area contributed by atoms with Crippen molar-refractivity contribution in [2.24, 2.45) is 22.7 Å². The summed E-state index contributed by atoms with van der Waals surface area (Å²) < 4.78 is 0. The average molecular weight is 296 g/mol. The van der Waals surface area contributed by atoms with Crippen molar-refractivity contribution in [2.45, 2.75) is 97.7 Å². The van der Waals surface area contributed by atoms with E-state index in [0.29, 0.717) is 17.3 Å². The first kappa shape index (κ1) is 17.3. The molecule has 0 bridgehead atoms. The topological polar surface area (TPSA) is 40.5 Å². The molecule has 2 N–H and O–H groups in total. The Hall–Kier alpha value is -0.0800. The highest BCUT2D eigenvalue weighted by Crippen LogP contribution is 2.63. The van der Waals surface area contributed by atoms with Gasteiger partial charge in [0, 0.05) is 0 Å². The van der Waals surface area contributed by atoms with Gasteiger partial charge in [0.05, 0.1) is 11.2 Å². The highest BCUT2D eigenvalue weighted by Gasteiger charge is 2.57. The smallest absolute Gasteiger partial charge is 0.0653 e. The van der Waals surface area contributed by atoms with Gasteiger partial charge in [0.15, 0.2) is 0 Å². The maximum atomic E-state index is 11.0. The number of hydrogen-bond acceptors (Lipinski definition) is 2. The van der Waals surface area contributed by atoms with Gasteiger partial charge in [-0.2, -0.15) is 0 Å². The number of rotatable bonds is 3. The molecule has 2 saturated carbocycles. The van der Waals surface area contributed by atoms with Gasteiger partial charge in [-0.15, -0.1) is 0 Å². The molecule has 0 aromatic heterocycles. The van der Waals surface area contributed by atoms with Gasteiger partial charge < -0.3 is 10.2 Å². The van der Waals surface area contributed by atoms with Crippen LogP contribution in [0, 0.1) is 22.7 Å². The normalized spacial score (nSPS) is 43.4. The molecule has 2 nitrogen and oxygen atoms in total. The molecule has 0 spiro atoms. The maximum absolute atomic E-state index is 11.0. The summed E-state index contributed by atoms with van der Waals surface area (Å²) in [5.41, 5.74) is -0.612. The van der Waals surface area contributed by atoms with E-state index in [1.165, 1.54) is 19.3 Å². The van der Waals surface area contributed by atoms with Crippen molar-refractivity contribution in [3.8, 4) is 0 Å². The molecule has 0 unspecified atom stereocenters. The van der Waals surface area contributed by atoms with E-state index < -0.39 is 11.2 Å². The fourth-order valence-corrected chi connectivity index (χ4v) is 5.76. The van der Waals surface area contributed by atoms with E-state index in [9.17, 15) is 10.2 Å². The van der Waals surface area contributed by atoms with Crippen LogP contribution in [-0.2, 0) is 0 Å². The van der Waals surface area contributed by atoms with Crippen molar-refractivity contribution in [1.29, 1.82) is 0 Å². The number of fused-ring (bicyclic) bond motifs is 1. The Morgan fingerprint density at radius 2 is 1.67 bits per heavy atom. The van der Waals surface area contributed by atoms with Crippen LogP contribution in [0.5, 0.6) is 0 Å². The first-order valence-electron chi connectivity index (χ1n) is 8.83. The fraction of sp³-hybridized carbons (Fsp3) is 1.00. The molecule has 0 radical (unpaired) electrons. The Morgan fingerprint density at radius 1 is 1.05 bits per heavy atom. The first-order valence-corrected chi connectivity index (χ1v) is 8.83. The minimum absolute atomic E-state index is 0.217. The minimum atomic E-state index is -0.635. The van der Waals surface area contributed by atoms with Crippen molar-refractivity contribution >= 4 is 0 Å². The van der Waals surface area contributed by atoms with Crippen LogP contribution in [0.25, 0.3) is 0 Å². The molecule has 2 fully saturated rings. The molecule has 2 rings (SSSR count). The summed E-state index contributed by atoms with van der Waals surface area (Å²) in [4.78, 5) is 0. The second-order valence-electron chi connectivity index (χ2n) is 9.70. The zero-order valence-corrected chi connectivity index (χ0v) is 15.0. The number of aliphatic hydroxyl groups is 2. The van der Waals surface area contributed by atoms with Gasteiger partial charge in [0.2, 0.25) is 0 Å². The van der Waals surface area contributed by atoms with Gasteiger partial charge in [-0.1, -0.05) is 27.2 Å². The highest BCUT2D eigenvalue weighted by atomic mass is 16.3. The third-order valence-electron chi connectivity index (χ3n) is 6.81. The molecule has 0 aliphatic heterocycles. The largest absolute Gasteiger partial charge is 0.390 e. The van der Waals surface area contributed by atoms with Crippen LogP contribution in [0.2, 0.25) is 0 Å². The Labute approximate surface area is 131 Å². The van der Waals surface area contributed by atoms with Gasteiger partial charge in [-0.05, 0) is 82.0 Å². The average Bonchev–Trinajstić information content (AvgIpc) is 2.23. The lowest BCUT2D eigenvalue weighted by Crippen LogP contribution is -2.57. The summed E-state index contributed by atoms with van der Waals surface area (Å²) >= 11 is 0. The van der Waals surface area contributed by atoms with Gasteiger partial charge in [0.25, 0.3) is 0 Å². The zero-order chi connectivity index (χ0) is 16.1. The van der Waals surface area contributed by atoms with E-state index in [2.05, 4.69) is 20.8 Å². The molecule has 0 aromatic rings. The van der Waals surface area contributed by atoms with Gasteiger partial charge >= 0.3 is 0 Å². The Balaban J connectivity index is 2.28. The molecule has 0 aromatic carbocycles. The van der Waals surface area contributed by atoms with Crippen LogP contribution in [0.15, 0.2) is 0 Å². The summed E-state index contributed by atoms with van der Waals surface area (Å²) in [5.74, 6) is 1.00. The van der Waals surface area contributed by atoms with E-state index in [4.69, 9.17) is 0 Å². The molecule has 2 heteroatoms. The third kappa shape index (κ3) is 3.32. The summed E-state index contributed by atoms with van der Waals surface area (Å²) in [5, 5.41) is 21.1. The van der Waals surface area contributed by atoms with E-state index in [1.807, 2.05) is 20.8 Å². The second-order valence-corrected chi connectivity index (χ2v) is 9.70. The molecule has 2 aliphatic rings. The van der Waals surface area contributed by atoms with Crippen molar-refractivity contribution in [1.82, 2.24) is 0 Å². The monoisotopic (exact) mass is 296 g/mol. The molecule has 4 atom stereocenters. The van der Waals surface area contributed by atoms with Gasteiger partial charge in [0.1, 0.15) is 0 Å². The first-order chi connectivity index (χ1) is 9.39. The van der Waals surface area contributed by atoms with Crippen molar-refractivity contribution in [3.63, 3.8) is 0 Å². The Bertz CT molecular complexity index is 378. The summed E-state index contributed by atoms with van der Waals surface area (Å²) in [6, 6.07) is 0. The lowest BCUT2D eigenvalue weighted by atomic mass is 9.45. The molecule has 0 heterocycles. The SMILES string of the molecule is CC(C)(O)CC[C@@H]1[C@@]2(C)CCCC(C)(C)[C@@H]2CC[C@@]1(C)O. The minimum Gasteiger partial charge on any atom is -0.390 e. The van der Waals surface area contributed by atoms with Crippen LogP contribution in [0.4, 0.5) is 0 Å². The summed E-state index contributed by atoms with van der Waals surface area (Å²) in [6.45, 7) is 13.1. The quantitative estimate of drug-likeness (QED) is 0.803. The van der Waals surface area contributed by atoms with Crippen molar-refractivity contribution in [2.75, 3.05) is 0 Å². The van der Waals surface area contributed by atoms with Crippen molar-refractivity contribution < 1.29 is 10.2 Å². The summed E-state index contributed by atoms with van der Waals surface area (Å²) in [6.07, 6.45) is 7.58. The fourth-order valence-electron chi connectivity index (χ4n) is 5.76. The zero-order valence-electron chi connectivity index (χ0n) is 15.0. The predicted molar refractivity (Wildman–Crippen MR) is 88.1 cm³/mol. The van der Waals surface area contributed by atoms with Crippen molar-refractivity contribution in [3.05, 3.63) is 0 Å². The van der Waals surface area contributed by atoms with E-state index in [0.717, 1.165) is 25.7 Å².